The fourth-order valence-corrected chi connectivity index (χ4v) is 5.56. The van der Waals surface area contributed by atoms with Crippen molar-refractivity contribution < 1.29 is 34.0 Å². The maximum absolute atomic E-state index is 13.6. The quantitative estimate of drug-likeness (QED) is 0.208. The number of aliphatic hydroxyl groups excluding tert-OH is 1. The van der Waals surface area contributed by atoms with Crippen molar-refractivity contribution >= 4 is 17.5 Å². The van der Waals surface area contributed by atoms with E-state index in [2.05, 4.69) is 0 Å². The Morgan fingerprint density at radius 1 is 1.00 bits per heavy atom. The Labute approximate surface area is 242 Å². The summed E-state index contributed by atoms with van der Waals surface area (Å²) in [7, 11) is 1.48. The number of anilines is 1. The molecule has 4 unspecified atom stereocenters. The van der Waals surface area contributed by atoms with Crippen LogP contribution in [0.15, 0.2) is 97.1 Å². The number of nitrogens with zero attached hydrogens (tertiary/aromatic N) is 1. The maximum Gasteiger partial charge on any atom is 0.258 e. The van der Waals surface area contributed by atoms with Gasteiger partial charge in [0.2, 0.25) is 5.91 Å². The van der Waals surface area contributed by atoms with Gasteiger partial charge in [0, 0.05) is 17.3 Å². The second kappa shape index (κ2) is 11.6. The minimum Gasteiger partial charge on any atom is -0.507 e. The third-order valence-corrected chi connectivity index (χ3v) is 7.89. The topological polar surface area (TPSA) is 133 Å². The van der Waals surface area contributed by atoms with Crippen LogP contribution in [0.1, 0.15) is 47.2 Å². The summed E-state index contributed by atoms with van der Waals surface area (Å²) < 4.78 is 18.5. The van der Waals surface area contributed by atoms with E-state index in [4.69, 9.17) is 10.5 Å². The molecule has 4 aromatic rings. The van der Waals surface area contributed by atoms with E-state index in [0.29, 0.717) is 34.5 Å². The van der Waals surface area contributed by atoms with E-state index in [1.54, 1.807) is 54.6 Å². The van der Waals surface area contributed by atoms with Gasteiger partial charge in [-0.05, 0) is 65.9 Å². The fraction of sp³-hybridized carbons (Fsp3) is 0.212. The molecule has 1 heterocycles. The van der Waals surface area contributed by atoms with Gasteiger partial charge >= 0.3 is 0 Å². The van der Waals surface area contributed by atoms with E-state index in [-0.39, 0.29) is 23.6 Å². The van der Waals surface area contributed by atoms with Crippen molar-refractivity contribution in [1.82, 2.24) is 0 Å². The summed E-state index contributed by atoms with van der Waals surface area (Å²) in [5.41, 5.74) is 5.62. The standard InChI is InChI=1S/C33H31FN2O6/c1-42-25-15-16-26(29(38)19-25)30-27(17-18-28(37)20-7-11-23(34)12-8-20)31(39)36(30)24-13-9-22(10-14-24)33(41,32(35)40)21-5-3-2-4-6-21/h2-16,19,27-28,30,37-38,41H,17-18H2,1H3,(H2,35,40). The molecule has 1 saturated heterocycles. The van der Waals surface area contributed by atoms with Crippen molar-refractivity contribution in [3.63, 3.8) is 0 Å². The van der Waals surface area contributed by atoms with Gasteiger partial charge in [-0.25, -0.2) is 4.39 Å². The molecule has 0 spiro atoms. The number of hydrogen-bond acceptors (Lipinski definition) is 6. The second-order valence-corrected chi connectivity index (χ2v) is 10.3. The van der Waals surface area contributed by atoms with Gasteiger partial charge in [0.25, 0.3) is 5.91 Å². The fourth-order valence-electron chi connectivity index (χ4n) is 5.56. The first kappa shape index (κ1) is 28.8. The van der Waals surface area contributed by atoms with Crippen LogP contribution in [0.4, 0.5) is 10.1 Å². The number of nitrogens with two attached hydrogens (primary N) is 1. The van der Waals surface area contributed by atoms with Gasteiger partial charge in [-0.15, -0.1) is 0 Å². The van der Waals surface area contributed by atoms with Gasteiger partial charge in [0.05, 0.1) is 25.2 Å². The molecule has 0 aliphatic carbocycles. The van der Waals surface area contributed by atoms with Crippen molar-refractivity contribution in [2.45, 2.75) is 30.6 Å². The zero-order valence-electron chi connectivity index (χ0n) is 22.9. The van der Waals surface area contributed by atoms with Crippen LogP contribution >= 0.6 is 0 Å². The van der Waals surface area contributed by atoms with Gasteiger partial charge < -0.3 is 30.7 Å². The van der Waals surface area contributed by atoms with Gasteiger partial charge in [-0.2, -0.15) is 0 Å². The zero-order chi connectivity index (χ0) is 30.0. The largest absolute Gasteiger partial charge is 0.507 e. The highest BCUT2D eigenvalue weighted by molar-refractivity contribution is 6.03. The lowest BCUT2D eigenvalue weighted by atomic mass is 9.77. The number of benzene rings is 4. The Kier molecular flexibility index (Phi) is 7.98. The molecule has 5 N–H and O–H groups in total. The first-order valence-electron chi connectivity index (χ1n) is 13.5. The lowest BCUT2D eigenvalue weighted by molar-refractivity contribution is -0.133. The minimum atomic E-state index is -2.08. The molecule has 9 heteroatoms. The molecule has 1 fully saturated rings. The van der Waals surface area contributed by atoms with Crippen LogP contribution in [0, 0.1) is 11.7 Å². The molecule has 1 aliphatic rings. The summed E-state index contributed by atoms with van der Waals surface area (Å²) in [6.07, 6.45) is -0.357. The normalized spacial score (nSPS) is 18.6. The Bertz CT molecular complexity index is 1580. The highest BCUT2D eigenvalue weighted by Gasteiger charge is 2.49. The van der Waals surface area contributed by atoms with Crippen molar-refractivity contribution in [2.75, 3.05) is 12.0 Å². The molecule has 5 rings (SSSR count). The second-order valence-electron chi connectivity index (χ2n) is 10.3. The third-order valence-electron chi connectivity index (χ3n) is 7.89. The molecular weight excluding hydrogens is 539 g/mol. The molecule has 0 bridgehead atoms. The lowest BCUT2D eigenvalue weighted by Gasteiger charge is -2.48. The van der Waals surface area contributed by atoms with E-state index in [1.165, 1.54) is 54.5 Å². The molecule has 2 amide bonds. The summed E-state index contributed by atoms with van der Waals surface area (Å²) in [6, 6.07) is 24.5. The SMILES string of the molecule is COc1ccc(C2C(CCC(O)c3ccc(F)cc3)C(=O)N2c2ccc(C(O)(C(N)=O)c3ccccc3)cc2)c(O)c1. The molecule has 4 atom stereocenters. The number of aromatic hydroxyl groups is 1. The molecule has 216 valence electrons. The Morgan fingerprint density at radius 2 is 1.64 bits per heavy atom. The summed E-state index contributed by atoms with van der Waals surface area (Å²) in [5.74, 6) is -1.73. The van der Waals surface area contributed by atoms with Crippen molar-refractivity contribution in [1.29, 1.82) is 0 Å². The van der Waals surface area contributed by atoms with Crippen molar-refractivity contribution in [2.24, 2.45) is 11.7 Å². The van der Waals surface area contributed by atoms with Crippen LogP contribution in [0.25, 0.3) is 0 Å². The van der Waals surface area contributed by atoms with E-state index >= 15 is 0 Å². The van der Waals surface area contributed by atoms with Crippen LogP contribution in [0.2, 0.25) is 0 Å². The number of β-lactam (4-membered cyclic amide) rings is 1. The van der Waals surface area contributed by atoms with Crippen LogP contribution in [-0.2, 0) is 15.2 Å². The van der Waals surface area contributed by atoms with Crippen LogP contribution in [0.3, 0.4) is 0 Å². The summed E-state index contributed by atoms with van der Waals surface area (Å²) >= 11 is 0. The third kappa shape index (κ3) is 5.20. The van der Waals surface area contributed by atoms with E-state index in [0.717, 1.165) is 0 Å². The number of ether oxygens (including phenoxy) is 1. The number of rotatable bonds is 10. The molecule has 42 heavy (non-hydrogen) atoms. The number of halogens is 1. The highest BCUT2D eigenvalue weighted by atomic mass is 19.1. The molecule has 1 aliphatic heterocycles. The number of aliphatic hydroxyl groups is 2. The van der Waals surface area contributed by atoms with Gasteiger partial charge in [0.1, 0.15) is 17.3 Å². The van der Waals surface area contributed by atoms with Crippen molar-refractivity contribution in [3.05, 3.63) is 125 Å². The number of phenolic OH excluding ortho intramolecular Hbond substituents is 1. The summed E-state index contributed by atoms with van der Waals surface area (Å²) in [4.78, 5) is 27.5. The Hall–Kier alpha value is -4.73. The molecule has 4 aromatic carbocycles. The number of primary amides is 1. The molecule has 0 radical (unpaired) electrons. The molecular formula is C33H31FN2O6. The minimum absolute atomic E-state index is 0.0512. The number of methoxy groups -OCH3 is 1. The van der Waals surface area contributed by atoms with E-state index in [1.807, 2.05) is 0 Å². The first-order valence-corrected chi connectivity index (χ1v) is 13.5. The zero-order valence-corrected chi connectivity index (χ0v) is 22.9. The number of phenols is 1. The number of amides is 2. The number of carbonyl (C=O) groups is 2. The smallest absolute Gasteiger partial charge is 0.258 e. The Morgan fingerprint density at radius 3 is 2.24 bits per heavy atom. The predicted molar refractivity (Wildman–Crippen MR) is 154 cm³/mol. The monoisotopic (exact) mass is 570 g/mol. The summed E-state index contributed by atoms with van der Waals surface area (Å²) in [5, 5.41) is 32.9. The van der Waals surface area contributed by atoms with Crippen molar-refractivity contribution in [3.8, 4) is 11.5 Å². The first-order chi connectivity index (χ1) is 20.1. The molecule has 0 aromatic heterocycles. The van der Waals surface area contributed by atoms with E-state index in [9.17, 15) is 29.3 Å². The lowest BCUT2D eigenvalue weighted by Crippen LogP contribution is -2.55. The predicted octanol–water partition coefficient (Wildman–Crippen LogP) is 4.48. The molecule has 8 nitrogen and oxygen atoms in total. The Balaban J connectivity index is 1.45. The molecule has 0 saturated carbocycles. The van der Waals surface area contributed by atoms with E-state index < -0.39 is 35.4 Å². The highest BCUT2D eigenvalue weighted by Crippen LogP contribution is 2.49. The van der Waals surface area contributed by atoms with Crippen LogP contribution < -0.4 is 15.4 Å². The maximum atomic E-state index is 13.6. The average Bonchev–Trinajstić information content (AvgIpc) is 3.00. The van der Waals surface area contributed by atoms with Gasteiger partial charge in [-0.3, -0.25) is 9.59 Å². The van der Waals surface area contributed by atoms with Gasteiger partial charge in [0.15, 0.2) is 5.60 Å². The van der Waals surface area contributed by atoms with Crippen LogP contribution in [-0.4, -0.2) is 34.2 Å². The summed E-state index contributed by atoms with van der Waals surface area (Å²) in [6.45, 7) is 0. The average molecular weight is 571 g/mol. The number of carbonyl (C=O) groups excluding carboxylic acids is 2. The number of hydrogen-bond donors (Lipinski definition) is 4. The van der Waals surface area contributed by atoms with Gasteiger partial charge in [-0.1, -0.05) is 54.6 Å². The van der Waals surface area contributed by atoms with Crippen LogP contribution in [0.5, 0.6) is 11.5 Å².